The number of hydrogen-bond acceptors (Lipinski definition) is 3. The summed E-state index contributed by atoms with van der Waals surface area (Å²) >= 11 is 1.83. The van der Waals surface area contributed by atoms with Crippen molar-refractivity contribution in [1.82, 2.24) is 10.3 Å². The van der Waals surface area contributed by atoms with Gasteiger partial charge in [-0.1, -0.05) is 19.9 Å². The molecule has 2 nitrogen and oxygen atoms in total. The molecular weight excluding hydrogens is 216 g/mol. The maximum absolute atomic E-state index is 4.47. The monoisotopic (exact) mass is 238 g/mol. The fraction of sp³-hybridized carbons (Fsp3) is 0.615. The molecule has 0 aliphatic carbocycles. The maximum Gasteiger partial charge on any atom is 0.0960 e. The van der Waals surface area contributed by atoms with Crippen molar-refractivity contribution >= 4 is 11.8 Å². The van der Waals surface area contributed by atoms with Gasteiger partial charge >= 0.3 is 0 Å². The van der Waals surface area contributed by atoms with Gasteiger partial charge in [-0.2, -0.15) is 0 Å². The van der Waals surface area contributed by atoms with Crippen molar-refractivity contribution in [2.45, 2.75) is 44.7 Å². The van der Waals surface area contributed by atoms with Gasteiger partial charge in [0.2, 0.25) is 0 Å². The van der Waals surface area contributed by atoms with Crippen molar-refractivity contribution < 1.29 is 0 Å². The molecule has 0 amide bonds. The minimum absolute atomic E-state index is 0.401. The Kier molecular flexibility index (Phi) is 6.50. The van der Waals surface area contributed by atoms with E-state index in [1.807, 2.05) is 18.0 Å². The molecule has 0 spiro atoms. The molecule has 0 saturated carbocycles. The zero-order chi connectivity index (χ0) is 11.8. The Morgan fingerprint density at radius 3 is 2.69 bits per heavy atom. The number of pyridine rings is 1. The molecule has 1 heterocycles. The zero-order valence-corrected chi connectivity index (χ0v) is 11.3. The highest BCUT2D eigenvalue weighted by Crippen LogP contribution is 2.18. The number of rotatable bonds is 7. The van der Waals surface area contributed by atoms with Crippen LogP contribution in [0.3, 0.4) is 0 Å². The molecule has 0 aliphatic heterocycles. The van der Waals surface area contributed by atoms with E-state index in [1.165, 1.54) is 18.4 Å². The Hall–Kier alpha value is -0.540. The summed E-state index contributed by atoms with van der Waals surface area (Å²) in [6.07, 6.45) is 4.36. The second kappa shape index (κ2) is 7.69. The molecule has 1 unspecified atom stereocenters. The molecule has 1 rings (SSSR count). The first-order valence-electron chi connectivity index (χ1n) is 6.10. The lowest BCUT2D eigenvalue weighted by molar-refractivity contribution is 0.568. The molecule has 0 aliphatic rings. The van der Waals surface area contributed by atoms with E-state index in [0.29, 0.717) is 6.04 Å². The third-order valence-corrected chi connectivity index (χ3v) is 3.56. The minimum atomic E-state index is 0.401. The molecule has 1 atom stereocenters. The first-order chi connectivity index (χ1) is 7.77. The molecule has 0 bridgehead atoms. The zero-order valence-electron chi connectivity index (χ0n) is 10.5. The summed E-state index contributed by atoms with van der Waals surface area (Å²) in [4.78, 5) is 4.47. The van der Waals surface area contributed by atoms with Gasteiger partial charge in [-0.15, -0.1) is 11.8 Å². The van der Waals surface area contributed by atoms with Crippen LogP contribution in [0, 0.1) is 0 Å². The molecule has 0 saturated heterocycles. The fourth-order valence-electron chi connectivity index (χ4n) is 1.42. The summed E-state index contributed by atoms with van der Waals surface area (Å²) in [5.74, 6) is 1.15. The van der Waals surface area contributed by atoms with Crippen LogP contribution in [0.2, 0.25) is 0 Å². The van der Waals surface area contributed by atoms with Crippen molar-refractivity contribution in [3.63, 3.8) is 0 Å². The van der Waals surface area contributed by atoms with Gasteiger partial charge in [-0.3, -0.25) is 0 Å². The summed E-state index contributed by atoms with van der Waals surface area (Å²) < 4.78 is 0. The first kappa shape index (κ1) is 13.5. The normalized spacial score (nSPS) is 12.7. The van der Waals surface area contributed by atoms with E-state index < -0.39 is 0 Å². The Morgan fingerprint density at radius 2 is 2.12 bits per heavy atom. The molecule has 3 heteroatoms. The molecular formula is C13H22N2S. The lowest BCUT2D eigenvalue weighted by Crippen LogP contribution is -2.19. The summed E-state index contributed by atoms with van der Waals surface area (Å²) in [6, 6.07) is 4.70. The van der Waals surface area contributed by atoms with Crippen molar-refractivity contribution in [2.75, 3.05) is 12.3 Å². The predicted molar refractivity (Wildman–Crippen MR) is 72.0 cm³/mol. The summed E-state index contributed by atoms with van der Waals surface area (Å²) in [6.45, 7) is 7.62. The molecule has 16 heavy (non-hydrogen) atoms. The number of hydrogen-bond donors (Lipinski definition) is 1. The largest absolute Gasteiger partial charge is 0.310 e. The van der Waals surface area contributed by atoms with Gasteiger partial charge in [0, 0.05) is 12.2 Å². The van der Waals surface area contributed by atoms with Gasteiger partial charge in [-0.05, 0) is 43.7 Å². The van der Waals surface area contributed by atoms with E-state index in [-0.39, 0.29) is 0 Å². The van der Waals surface area contributed by atoms with Crippen LogP contribution in [0.4, 0.5) is 0 Å². The summed E-state index contributed by atoms with van der Waals surface area (Å²) in [5, 5.41) is 4.60. The van der Waals surface area contributed by atoms with Crippen LogP contribution in [-0.4, -0.2) is 17.3 Å². The Bertz CT molecular complexity index is 284. The number of nitrogens with zero attached hydrogens (tertiary/aromatic N) is 1. The van der Waals surface area contributed by atoms with Gasteiger partial charge in [-0.25, -0.2) is 4.98 Å². The SMILES string of the molecule is CCCNC(C)c1ccc(SCCC)nc1. The van der Waals surface area contributed by atoms with Crippen LogP contribution >= 0.6 is 11.8 Å². The van der Waals surface area contributed by atoms with Gasteiger partial charge < -0.3 is 5.32 Å². The highest BCUT2D eigenvalue weighted by atomic mass is 32.2. The maximum atomic E-state index is 4.47. The van der Waals surface area contributed by atoms with E-state index >= 15 is 0 Å². The Balaban J connectivity index is 2.49. The van der Waals surface area contributed by atoms with Crippen LogP contribution < -0.4 is 5.32 Å². The highest BCUT2D eigenvalue weighted by molar-refractivity contribution is 7.99. The van der Waals surface area contributed by atoms with Crippen LogP contribution in [-0.2, 0) is 0 Å². The minimum Gasteiger partial charge on any atom is -0.310 e. The quantitative estimate of drug-likeness (QED) is 0.734. The molecule has 90 valence electrons. The van der Waals surface area contributed by atoms with Crippen LogP contribution in [0.25, 0.3) is 0 Å². The van der Waals surface area contributed by atoms with Crippen LogP contribution in [0.15, 0.2) is 23.4 Å². The van der Waals surface area contributed by atoms with Gasteiger partial charge in [0.25, 0.3) is 0 Å². The lowest BCUT2D eigenvalue weighted by Gasteiger charge is -2.13. The lowest BCUT2D eigenvalue weighted by atomic mass is 10.1. The second-order valence-corrected chi connectivity index (χ2v) is 5.07. The third kappa shape index (κ3) is 4.54. The van der Waals surface area contributed by atoms with E-state index in [4.69, 9.17) is 0 Å². The van der Waals surface area contributed by atoms with Gasteiger partial charge in [0.15, 0.2) is 0 Å². The molecule has 1 N–H and O–H groups in total. The van der Waals surface area contributed by atoms with Crippen LogP contribution in [0.1, 0.15) is 45.2 Å². The molecule has 0 radical (unpaired) electrons. The van der Waals surface area contributed by atoms with Crippen molar-refractivity contribution in [3.8, 4) is 0 Å². The summed E-state index contributed by atoms with van der Waals surface area (Å²) in [5.41, 5.74) is 1.27. The van der Waals surface area contributed by atoms with Crippen LogP contribution in [0.5, 0.6) is 0 Å². The number of nitrogens with one attached hydrogen (secondary N) is 1. The fourth-order valence-corrected chi connectivity index (χ4v) is 2.12. The molecule has 1 aromatic heterocycles. The van der Waals surface area contributed by atoms with E-state index in [1.54, 1.807) is 0 Å². The Labute approximate surface area is 103 Å². The standard InChI is InChI=1S/C13H22N2S/c1-4-8-14-11(3)12-6-7-13(15-10-12)16-9-5-2/h6-7,10-11,14H,4-5,8-9H2,1-3H3. The average Bonchev–Trinajstić information content (AvgIpc) is 2.34. The van der Waals surface area contributed by atoms with Gasteiger partial charge in [0.05, 0.1) is 5.03 Å². The average molecular weight is 238 g/mol. The summed E-state index contributed by atoms with van der Waals surface area (Å²) in [7, 11) is 0. The molecule has 0 fully saturated rings. The Morgan fingerprint density at radius 1 is 1.31 bits per heavy atom. The van der Waals surface area contributed by atoms with Gasteiger partial charge in [0.1, 0.15) is 0 Å². The van der Waals surface area contributed by atoms with Crippen molar-refractivity contribution in [1.29, 1.82) is 0 Å². The van der Waals surface area contributed by atoms with E-state index in [9.17, 15) is 0 Å². The smallest absolute Gasteiger partial charge is 0.0960 e. The number of thioether (sulfide) groups is 1. The van der Waals surface area contributed by atoms with Crippen molar-refractivity contribution in [2.24, 2.45) is 0 Å². The first-order valence-corrected chi connectivity index (χ1v) is 7.08. The van der Waals surface area contributed by atoms with Crippen molar-refractivity contribution in [3.05, 3.63) is 23.9 Å². The molecule has 0 aromatic carbocycles. The topological polar surface area (TPSA) is 24.9 Å². The third-order valence-electron chi connectivity index (χ3n) is 2.41. The van der Waals surface area contributed by atoms with E-state index in [0.717, 1.165) is 17.3 Å². The highest BCUT2D eigenvalue weighted by Gasteiger charge is 2.04. The molecule has 1 aromatic rings. The predicted octanol–water partition coefficient (Wildman–Crippen LogP) is 3.64. The number of aromatic nitrogens is 1. The second-order valence-electron chi connectivity index (χ2n) is 3.95. The van der Waals surface area contributed by atoms with E-state index in [2.05, 4.69) is 43.2 Å².